The van der Waals surface area contributed by atoms with E-state index in [0.29, 0.717) is 17.2 Å². The summed E-state index contributed by atoms with van der Waals surface area (Å²) in [4.78, 5) is 11.5. The molecule has 0 unspecified atom stereocenters. The van der Waals surface area contributed by atoms with Crippen molar-refractivity contribution in [1.29, 1.82) is 0 Å². The summed E-state index contributed by atoms with van der Waals surface area (Å²) in [5, 5.41) is 2.65. The first-order valence-electron chi connectivity index (χ1n) is 8.86. The van der Waals surface area contributed by atoms with Gasteiger partial charge in [-0.1, -0.05) is 6.07 Å². The monoisotopic (exact) mass is 388 g/mol. The summed E-state index contributed by atoms with van der Waals surface area (Å²) in [7, 11) is -3.80. The van der Waals surface area contributed by atoms with Crippen molar-refractivity contribution in [2.24, 2.45) is 0 Å². The number of rotatable bonds is 5. The molecule has 2 aromatic carbocycles. The fourth-order valence-corrected chi connectivity index (χ4v) is 4.36. The lowest BCUT2D eigenvalue weighted by Gasteiger charge is -2.21. The van der Waals surface area contributed by atoms with E-state index in [1.54, 1.807) is 30.3 Å². The summed E-state index contributed by atoms with van der Waals surface area (Å²) in [6.07, 6.45) is 4.64. The molecule has 1 aliphatic carbocycles. The van der Waals surface area contributed by atoms with Crippen LogP contribution in [-0.2, 0) is 14.8 Å². The predicted molar refractivity (Wildman–Crippen MR) is 101 cm³/mol. The van der Waals surface area contributed by atoms with E-state index < -0.39 is 10.0 Å². The summed E-state index contributed by atoms with van der Waals surface area (Å²) in [5.74, 6) is 0.700. The topological polar surface area (TPSA) is 93.7 Å². The average molecular weight is 388 g/mol. The molecule has 2 aromatic rings. The summed E-state index contributed by atoms with van der Waals surface area (Å²) in [6.45, 7) is -0.154. The third-order valence-electron chi connectivity index (χ3n) is 4.62. The van der Waals surface area contributed by atoms with Gasteiger partial charge in [0.1, 0.15) is 5.75 Å². The average Bonchev–Trinajstić information content (AvgIpc) is 3.15. The van der Waals surface area contributed by atoms with Crippen LogP contribution >= 0.6 is 0 Å². The molecule has 7 nitrogen and oxygen atoms in total. The highest BCUT2D eigenvalue weighted by atomic mass is 32.2. The van der Waals surface area contributed by atoms with Crippen LogP contribution < -0.4 is 19.5 Å². The Kier molecular flexibility index (Phi) is 4.65. The van der Waals surface area contributed by atoms with Crippen LogP contribution in [0.4, 0.5) is 11.4 Å². The first-order chi connectivity index (χ1) is 13.0. The van der Waals surface area contributed by atoms with E-state index in [0.717, 1.165) is 12.8 Å². The second-order valence-electron chi connectivity index (χ2n) is 6.62. The number of hydrogen-bond donors (Lipinski definition) is 2. The Morgan fingerprint density at radius 1 is 1.07 bits per heavy atom. The Bertz CT molecular complexity index is 951. The van der Waals surface area contributed by atoms with Gasteiger partial charge < -0.3 is 14.8 Å². The Balaban J connectivity index is 1.52. The molecular weight excluding hydrogens is 368 g/mol. The number of para-hydroxylation sites is 1. The van der Waals surface area contributed by atoms with Gasteiger partial charge in [-0.2, -0.15) is 0 Å². The van der Waals surface area contributed by atoms with Gasteiger partial charge in [-0.05, 0) is 62.1 Å². The largest absolute Gasteiger partial charge is 0.490 e. The van der Waals surface area contributed by atoms with E-state index >= 15 is 0 Å². The third-order valence-corrected chi connectivity index (χ3v) is 6.00. The van der Waals surface area contributed by atoms with E-state index in [2.05, 4.69) is 10.0 Å². The summed E-state index contributed by atoms with van der Waals surface area (Å²) < 4.78 is 39.2. The number of fused-ring (bicyclic) bond motifs is 1. The van der Waals surface area contributed by atoms with Gasteiger partial charge in [0.15, 0.2) is 12.4 Å². The number of carbonyl (C=O) groups is 1. The lowest BCUT2D eigenvalue weighted by molar-refractivity contribution is -0.118. The minimum atomic E-state index is -3.80. The van der Waals surface area contributed by atoms with Gasteiger partial charge in [-0.3, -0.25) is 9.52 Å². The molecule has 2 aliphatic rings. The van der Waals surface area contributed by atoms with Gasteiger partial charge in [0, 0.05) is 0 Å². The first kappa shape index (κ1) is 17.7. The normalized spacial score (nSPS) is 17.0. The number of sulfonamides is 1. The van der Waals surface area contributed by atoms with Crippen LogP contribution in [-0.4, -0.2) is 27.0 Å². The molecule has 1 amide bonds. The molecule has 1 heterocycles. The van der Waals surface area contributed by atoms with Crippen molar-refractivity contribution in [2.45, 2.75) is 36.7 Å². The number of hydrogen-bond acceptors (Lipinski definition) is 5. The van der Waals surface area contributed by atoms with Crippen molar-refractivity contribution in [2.75, 3.05) is 16.6 Å². The molecule has 1 saturated carbocycles. The van der Waals surface area contributed by atoms with Gasteiger partial charge in [0.2, 0.25) is 0 Å². The Labute approximate surface area is 157 Å². The fraction of sp³-hybridized carbons (Fsp3) is 0.316. The van der Waals surface area contributed by atoms with Gasteiger partial charge >= 0.3 is 0 Å². The molecule has 1 aliphatic heterocycles. The van der Waals surface area contributed by atoms with Crippen LogP contribution in [0.3, 0.4) is 0 Å². The minimum absolute atomic E-state index is 0.124. The summed E-state index contributed by atoms with van der Waals surface area (Å²) >= 11 is 0. The van der Waals surface area contributed by atoms with E-state index in [9.17, 15) is 13.2 Å². The number of carbonyl (C=O) groups excluding carboxylic acids is 1. The van der Waals surface area contributed by atoms with E-state index in [1.807, 2.05) is 0 Å². The highest BCUT2D eigenvalue weighted by molar-refractivity contribution is 7.92. The highest BCUT2D eigenvalue weighted by Crippen LogP contribution is 2.36. The molecule has 142 valence electrons. The predicted octanol–water partition coefficient (Wildman–Crippen LogP) is 3.14. The molecule has 27 heavy (non-hydrogen) atoms. The van der Waals surface area contributed by atoms with Crippen molar-refractivity contribution in [3.8, 4) is 11.5 Å². The van der Waals surface area contributed by atoms with Crippen molar-refractivity contribution < 1.29 is 22.7 Å². The van der Waals surface area contributed by atoms with Crippen LogP contribution in [0.25, 0.3) is 0 Å². The maximum atomic E-state index is 12.7. The van der Waals surface area contributed by atoms with Crippen molar-refractivity contribution in [1.82, 2.24) is 0 Å². The van der Waals surface area contributed by atoms with E-state index in [4.69, 9.17) is 9.47 Å². The Morgan fingerprint density at radius 2 is 1.81 bits per heavy atom. The molecule has 0 radical (unpaired) electrons. The molecule has 0 aromatic heterocycles. The van der Waals surface area contributed by atoms with Crippen LogP contribution in [0.5, 0.6) is 11.5 Å². The molecule has 8 heteroatoms. The minimum Gasteiger partial charge on any atom is -0.490 e. The molecule has 0 atom stereocenters. The van der Waals surface area contributed by atoms with Gasteiger partial charge in [0.05, 0.1) is 22.4 Å². The second kappa shape index (κ2) is 7.11. The number of anilines is 2. The molecule has 4 rings (SSSR count). The summed E-state index contributed by atoms with van der Waals surface area (Å²) in [6, 6.07) is 11.3. The molecular formula is C19H20N2O5S. The lowest BCUT2D eigenvalue weighted by atomic mass is 10.2. The zero-order valence-corrected chi connectivity index (χ0v) is 15.4. The Hall–Kier alpha value is -2.74. The van der Waals surface area contributed by atoms with Crippen LogP contribution in [0.2, 0.25) is 0 Å². The number of benzene rings is 2. The number of amides is 1. The maximum Gasteiger partial charge on any atom is 0.262 e. The quantitative estimate of drug-likeness (QED) is 0.821. The number of ether oxygens (including phenoxy) is 2. The summed E-state index contributed by atoms with van der Waals surface area (Å²) in [5.41, 5.74) is 0.713. The highest BCUT2D eigenvalue weighted by Gasteiger charge is 2.23. The smallest absolute Gasteiger partial charge is 0.262 e. The van der Waals surface area contributed by atoms with Crippen molar-refractivity contribution in [3.63, 3.8) is 0 Å². The molecule has 0 saturated heterocycles. The zero-order valence-electron chi connectivity index (χ0n) is 14.6. The van der Waals surface area contributed by atoms with Crippen molar-refractivity contribution in [3.05, 3.63) is 42.5 Å². The molecule has 0 bridgehead atoms. The zero-order chi connectivity index (χ0) is 18.9. The Morgan fingerprint density at radius 3 is 2.56 bits per heavy atom. The van der Waals surface area contributed by atoms with E-state index in [1.165, 1.54) is 25.0 Å². The molecule has 1 fully saturated rings. The standard InChI is InChI=1S/C19H20N2O5S/c22-18-12-25-19-16(20-18)6-3-7-17(19)21-27(23,24)15-10-8-14(9-11-15)26-13-4-1-2-5-13/h3,6-11,13,21H,1-2,4-5,12H2,(H,20,22). The second-order valence-corrected chi connectivity index (χ2v) is 8.30. The SMILES string of the molecule is O=C1COc2c(cccc2NS(=O)(=O)c2ccc(OC3CCCC3)cc2)N1. The fourth-order valence-electron chi connectivity index (χ4n) is 3.30. The van der Waals surface area contributed by atoms with Gasteiger partial charge in [-0.25, -0.2) is 8.42 Å². The van der Waals surface area contributed by atoms with Crippen LogP contribution in [0.1, 0.15) is 25.7 Å². The van der Waals surface area contributed by atoms with Gasteiger partial charge in [0.25, 0.3) is 15.9 Å². The molecule has 0 spiro atoms. The first-order valence-corrected chi connectivity index (χ1v) is 10.3. The van der Waals surface area contributed by atoms with E-state index in [-0.39, 0.29) is 29.2 Å². The molecule has 2 N–H and O–H groups in total. The van der Waals surface area contributed by atoms with Crippen LogP contribution in [0, 0.1) is 0 Å². The van der Waals surface area contributed by atoms with Crippen LogP contribution in [0.15, 0.2) is 47.4 Å². The number of nitrogens with one attached hydrogen (secondary N) is 2. The maximum absolute atomic E-state index is 12.7. The lowest BCUT2D eigenvalue weighted by Crippen LogP contribution is -2.26. The van der Waals surface area contributed by atoms with Gasteiger partial charge in [-0.15, -0.1) is 0 Å². The third kappa shape index (κ3) is 3.85. The van der Waals surface area contributed by atoms with Crippen molar-refractivity contribution >= 4 is 27.3 Å².